The van der Waals surface area contributed by atoms with Gasteiger partial charge in [-0.2, -0.15) is 0 Å². The predicted molar refractivity (Wildman–Crippen MR) is 112 cm³/mol. The number of hydrogen-bond acceptors (Lipinski definition) is 4. The molecule has 0 bridgehead atoms. The number of thiocarbonyl (C=S) groups is 1. The fraction of sp³-hybridized carbons (Fsp3) is 0.381. The van der Waals surface area contributed by atoms with Crippen LogP contribution in [0.5, 0.6) is 11.5 Å². The van der Waals surface area contributed by atoms with Gasteiger partial charge in [0.25, 0.3) is 0 Å². The minimum absolute atomic E-state index is 0.684. The Morgan fingerprint density at radius 2 is 1.63 bits per heavy atom. The van der Waals surface area contributed by atoms with Gasteiger partial charge in [-0.1, -0.05) is 30.3 Å². The summed E-state index contributed by atoms with van der Waals surface area (Å²) < 4.78 is 11.0. The number of hydrogen-bond donors (Lipinski definition) is 1. The Morgan fingerprint density at radius 3 is 2.30 bits per heavy atom. The van der Waals surface area contributed by atoms with E-state index >= 15 is 0 Å². The van der Waals surface area contributed by atoms with Gasteiger partial charge in [0.1, 0.15) is 18.1 Å². The van der Waals surface area contributed by atoms with Crippen molar-refractivity contribution < 1.29 is 9.47 Å². The smallest absolute Gasteiger partial charge is 0.169 e. The lowest BCUT2D eigenvalue weighted by atomic mass is 10.2. The largest absolute Gasteiger partial charge is 0.497 e. The number of piperazine rings is 1. The van der Waals surface area contributed by atoms with Crippen LogP contribution in [-0.2, 0) is 6.54 Å². The fourth-order valence-corrected chi connectivity index (χ4v) is 3.28. The zero-order chi connectivity index (χ0) is 18.9. The molecule has 1 saturated heterocycles. The first-order chi connectivity index (χ1) is 13.2. The molecule has 0 atom stereocenters. The van der Waals surface area contributed by atoms with E-state index in [9.17, 15) is 0 Å². The molecule has 1 fully saturated rings. The number of benzene rings is 2. The molecule has 2 aromatic carbocycles. The average molecular weight is 386 g/mol. The molecule has 1 N–H and O–H groups in total. The summed E-state index contributed by atoms with van der Waals surface area (Å²) in [6.07, 6.45) is 0. The minimum atomic E-state index is 0.684. The Labute approximate surface area is 166 Å². The van der Waals surface area contributed by atoms with Crippen molar-refractivity contribution in [1.82, 2.24) is 15.1 Å². The van der Waals surface area contributed by atoms with Gasteiger partial charge < -0.3 is 19.7 Å². The van der Waals surface area contributed by atoms with Crippen LogP contribution in [-0.4, -0.2) is 61.4 Å². The van der Waals surface area contributed by atoms with Gasteiger partial charge in [0.2, 0.25) is 0 Å². The maximum absolute atomic E-state index is 5.82. The molecule has 144 valence electrons. The SMILES string of the molecule is COc1ccc(OCCN2CCN(C(=S)NCc3ccccc3)CC2)cc1. The molecule has 0 spiro atoms. The van der Waals surface area contributed by atoms with Crippen molar-refractivity contribution in [2.75, 3.05) is 46.4 Å². The molecule has 5 nitrogen and oxygen atoms in total. The minimum Gasteiger partial charge on any atom is -0.497 e. The number of ether oxygens (including phenoxy) is 2. The van der Waals surface area contributed by atoms with Crippen molar-refractivity contribution in [3.63, 3.8) is 0 Å². The molecule has 0 aromatic heterocycles. The first kappa shape index (κ1) is 19.5. The third-order valence-corrected chi connectivity index (χ3v) is 5.08. The van der Waals surface area contributed by atoms with Crippen molar-refractivity contribution in [2.45, 2.75) is 6.54 Å². The van der Waals surface area contributed by atoms with Crippen molar-refractivity contribution in [1.29, 1.82) is 0 Å². The third-order valence-electron chi connectivity index (χ3n) is 4.68. The molecular weight excluding hydrogens is 358 g/mol. The highest BCUT2D eigenvalue weighted by molar-refractivity contribution is 7.80. The normalized spacial score (nSPS) is 14.6. The van der Waals surface area contributed by atoms with Crippen LogP contribution in [0.3, 0.4) is 0 Å². The van der Waals surface area contributed by atoms with Crippen LogP contribution in [0.25, 0.3) is 0 Å². The molecule has 0 unspecified atom stereocenters. The van der Waals surface area contributed by atoms with Crippen LogP contribution < -0.4 is 14.8 Å². The van der Waals surface area contributed by atoms with E-state index in [-0.39, 0.29) is 0 Å². The summed E-state index contributed by atoms with van der Waals surface area (Å²) in [7, 11) is 1.67. The maximum atomic E-state index is 5.82. The first-order valence-corrected chi connectivity index (χ1v) is 9.71. The Kier molecular flexibility index (Phi) is 7.30. The van der Waals surface area contributed by atoms with Gasteiger partial charge in [-0.25, -0.2) is 0 Å². The van der Waals surface area contributed by atoms with E-state index in [2.05, 4.69) is 27.2 Å². The molecule has 2 aromatic rings. The second-order valence-electron chi connectivity index (χ2n) is 6.50. The lowest BCUT2D eigenvalue weighted by molar-refractivity contribution is 0.153. The zero-order valence-corrected chi connectivity index (χ0v) is 16.6. The summed E-state index contributed by atoms with van der Waals surface area (Å²) in [6.45, 7) is 6.27. The van der Waals surface area contributed by atoms with Crippen LogP contribution in [0.15, 0.2) is 54.6 Å². The van der Waals surface area contributed by atoms with Crippen LogP contribution in [0.4, 0.5) is 0 Å². The molecule has 0 aliphatic carbocycles. The third kappa shape index (κ3) is 6.12. The highest BCUT2D eigenvalue weighted by Gasteiger charge is 2.18. The molecule has 27 heavy (non-hydrogen) atoms. The van der Waals surface area contributed by atoms with E-state index in [1.54, 1.807) is 7.11 Å². The predicted octanol–water partition coefficient (Wildman–Crippen LogP) is 2.77. The van der Waals surface area contributed by atoms with E-state index in [0.29, 0.717) is 6.61 Å². The molecule has 1 aliphatic heterocycles. The molecule has 0 amide bonds. The molecule has 0 saturated carbocycles. The van der Waals surface area contributed by atoms with E-state index in [0.717, 1.165) is 55.9 Å². The lowest BCUT2D eigenvalue weighted by Crippen LogP contribution is -2.52. The van der Waals surface area contributed by atoms with Crippen molar-refractivity contribution in [3.8, 4) is 11.5 Å². The summed E-state index contributed by atoms with van der Waals surface area (Å²) in [5.41, 5.74) is 1.24. The van der Waals surface area contributed by atoms with Crippen LogP contribution in [0, 0.1) is 0 Å². The Hall–Kier alpha value is -2.31. The summed E-state index contributed by atoms with van der Waals surface area (Å²) in [5, 5.41) is 4.20. The van der Waals surface area contributed by atoms with Gasteiger partial charge in [0.15, 0.2) is 5.11 Å². The monoisotopic (exact) mass is 385 g/mol. The second kappa shape index (κ2) is 10.1. The lowest BCUT2D eigenvalue weighted by Gasteiger charge is -2.36. The van der Waals surface area contributed by atoms with Crippen LogP contribution >= 0.6 is 12.2 Å². The Bertz CT molecular complexity index is 701. The zero-order valence-electron chi connectivity index (χ0n) is 15.8. The summed E-state index contributed by atoms with van der Waals surface area (Å²) in [6, 6.07) is 18.0. The molecular formula is C21H27N3O2S. The standard InChI is InChI=1S/C21H27N3O2S/c1-25-19-7-9-20(10-8-19)26-16-15-23-11-13-24(14-12-23)21(27)22-17-18-5-3-2-4-6-18/h2-10H,11-17H2,1H3,(H,22,27). The van der Waals surface area contributed by atoms with Crippen molar-refractivity contribution in [2.24, 2.45) is 0 Å². The van der Waals surface area contributed by atoms with Crippen molar-refractivity contribution >= 4 is 17.3 Å². The van der Waals surface area contributed by atoms with E-state index in [1.165, 1.54) is 5.56 Å². The fourth-order valence-electron chi connectivity index (χ4n) is 3.02. The summed E-state index contributed by atoms with van der Waals surface area (Å²) in [4.78, 5) is 4.67. The Balaban J connectivity index is 1.32. The van der Waals surface area contributed by atoms with Crippen LogP contribution in [0.1, 0.15) is 5.56 Å². The molecule has 0 radical (unpaired) electrons. The summed E-state index contributed by atoms with van der Waals surface area (Å²) in [5.74, 6) is 1.72. The van der Waals surface area contributed by atoms with Crippen LogP contribution in [0.2, 0.25) is 0 Å². The Morgan fingerprint density at radius 1 is 0.963 bits per heavy atom. The number of rotatable bonds is 7. The topological polar surface area (TPSA) is 37.0 Å². The van der Waals surface area contributed by atoms with Gasteiger partial charge in [-0.05, 0) is 42.0 Å². The van der Waals surface area contributed by atoms with Crippen molar-refractivity contribution in [3.05, 3.63) is 60.2 Å². The molecule has 3 rings (SSSR count). The van der Waals surface area contributed by atoms with Gasteiger partial charge in [0.05, 0.1) is 7.11 Å². The molecule has 6 heteroatoms. The van der Waals surface area contributed by atoms with E-state index in [4.69, 9.17) is 21.7 Å². The number of methoxy groups -OCH3 is 1. The second-order valence-corrected chi connectivity index (χ2v) is 6.88. The quantitative estimate of drug-likeness (QED) is 0.739. The molecule has 1 aliphatic rings. The summed E-state index contributed by atoms with van der Waals surface area (Å²) >= 11 is 5.54. The highest BCUT2D eigenvalue weighted by Crippen LogP contribution is 2.17. The number of nitrogens with one attached hydrogen (secondary N) is 1. The van der Waals surface area contributed by atoms with E-state index in [1.807, 2.05) is 42.5 Å². The number of nitrogens with zero attached hydrogens (tertiary/aromatic N) is 2. The molecule has 1 heterocycles. The average Bonchev–Trinajstić information content (AvgIpc) is 2.74. The van der Waals surface area contributed by atoms with Gasteiger partial charge >= 0.3 is 0 Å². The van der Waals surface area contributed by atoms with Gasteiger partial charge in [-0.3, -0.25) is 4.90 Å². The van der Waals surface area contributed by atoms with Gasteiger partial charge in [-0.15, -0.1) is 0 Å². The van der Waals surface area contributed by atoms with E-state index < -0.39 is 0 Å². The maximum Gasteiger partial charge on any atom is 0.169 e. The first-order valence-electron chi connectivity index (χ1n) is 9.30. The highest BCUT2D eigenvalue weighted by atomic mass is 32.1. The van der Waals surface area contributed by atoms with Gasteiger partial charge in [0, 0.05) is 39.3 Å².